The van der Waals surface area contributed by atoms with Gasteiger partial charge in [0.05, 0.1) is 16.7 Å². The van der Waals surface area contributed by atoms with Crippen LogP contribution in [0.3, 0.4) is 0 Å². The number of benzene rings is 1. The molecule has 0 aliphatic rings. The molecule has 0 amide bonds. The van der Waals surface area contributed by atoms with Crippen LogP contribution in [-0.4, -0.2) is 25.7 Å². The van der Waals surface area contributed by atoms with Gasteiger partial charge in [0.1, 0.15) is 0 Å². The molecule has 1 aromatic carbocycles. The molecule has 0 N–H and O–H groups in total. The number of ketones is 1. The van der Waals surface area contributed by atoms with Gasteiger partial charge in [0.15, 0.2) is 10.9 Å². The SMILES string of the molecule is Cc1cc(C(=O)CSc2nc3cc(Cl)ccc3c(=O)n2CCC(C)C)c(C)n1C. The number of nitrogens with zero attached hydrogens (tertiary/aromatic N) is 3. The Kier molecular flexibility index (Phi) is 6.54. The predicted octanol–water partition coefficient (Wildman–Crippen LogP) is 5.03. The zero-order chi connectivity index (χ0) is 21.3. The van der Waals surface area contributed by atoms with E-state index in [0.717, 1.165) is 23.4 Å². The summed E-state index contributed by atoms with van der Waals surface area (Å²) in [5.41, 5.74) is 3.18. The number of Topliss-reactive ketones (excluding diaryl/α,β-unsaturated/α-hetero) is 1. The van der Waals surface area contributed by atoms with Crippen molar-refractivity contribution in [3.05, 3.63) is 56.6 Å². The highest BCUT2D eigenvalue weighted by molar-refractivity contribution is 7.99. The number of hydrogen-bond acceptors (Lipinski definition) is 4. The third-order valence-corrected chi connectivity index (χ3v) is 6.43. The smallest absolute Gasteiger partial charge is 0.262 e. The fourth-order valence-corrected chi connectivity index (χ4v) is 4.29. The van der Waals surface area contributed by atoms with Gasteiger partial charge in [-0.2, -0.15) is 0 Å². The number of carbonyl (C=O) groups excluding carboxylic acids is 1. The molecule has 154 valence electrons. The molecule has 0 aliphatic carbocycles. The lowest BCUT2D eigenvalue weighted by Gasteiger charge is -2.14. The first-order valence-corrected chi connectivity index (χ1v) is 11.0. The third-order valence-electron chi connectivity index (χ3n) is 5.22. The Labute approximate surface area is 180 Å². The van der Waals surface area contributed by atoms with E-state index in [1.165, 1.54) is 11.8 Å². The summed E-state index contributed by atoms with van der Waals surface area (Å²) in [6.45, 7) is 8.74. The Bertz CT molecular complexity index is 1130. The lowest BCUT2D eigenvalue weighted by molar-refractivity contribution is 0.102. The highest BCUT2D eigenvalue weighted by atomic mass is 35.5. The largest absolute Gasteiger partial charge is 0.351 e. The molecule has 2 aromatic heterocycles. The number of aryl methyl sites for hydroxylation is 1. The van der Waals surface area contributed by atoms with Crippen molar-refractivity contribution < 1.29 is 4.79 Å². The van der Waals surface area contributed by atoms with E-state index in [1.807, 2.05) is 31.5 Å². The molecule has 0 atom stereocenters. The first-order chi connectivity index (χ1) is 13.7. The van der Waals surface area contributed by atoms with Crippen molar-refractivity contribution in [3.8, 4) is 0 Å². The molecule has 0 unspecified atom stereocenters. The molecule has 2 heterocycles. The van der Waals surface area contributed by atoms with Crippen LogP contribution in [0.5, 0.6) is 0 Å². The fourth-order valence-electron chi connectivity index (χ4n) is 3.21. The minimum absolute atomic E-state index is 0.0343. The maximum atomic E-state index is 13.1. The van der Waals surface area contributed by atoms with Gasteiger partial charge < -0.3 is 4.57 Å². The molecular weight excluding hydrogens is 406 g/mol. The Hall–Kier alpha value is -2.05. The second-order valence-corrected chi connectivity index (χ2v) is 9.13. The van der Waals surface area contributed by atoms with Gasteiger partial charge in [0, 0.05) is 35.6 Å². The Morgan fingerprint density at radius 1 is 1.24 bits per heavy atom. The van der Waals surface area contributed by atoms with E-state index < -0.39 is 0 Å². The standard InChI is InChI=1S/C22H26ClN3O2S/c1-13(2)8-9-26-21(28)17-7-6-16(23)11-19(17)24-22(26)29-12-20(27)18-10-14(3)25(5)15(18)4/h6-7,10-11,13H,8-9,12H2,1-5H3. The molecule has 5 nitrogen and oxygen atoms in total. The van der Waals surface area contributed by atoms with Gasteiger partial charge in [-0.15, -0.1) is 0 Å². The lowest BCUT2D eigenvalue weighted by atomic mass is 10.1. The van der Waals surface area contributed by atoms with Crippen LogP contribution in [0.2, 0.25) is 5.02 Å². The van der Waals surface area contributed by atoms with Crippen molar-refractivity contribution in [3.63, 3.8) is 0 Å². The summed E-state index contributed by atoms with van der Waals surface area (Å²) in [5, 5.41) is 1.64. The van der Waals surface area contributed by atoms with Crippen molar-refractivity contribution in [1.82, 2.24) is 14.1 Å². The van der Waals surface area contributed by atoms with E-state index in [-0.39, 0.29) is 17.1 Å². The van der Waals surface area contributed by atoms with Crippen LogP contribution in [-0.2, 0) is 13.6 Å². The number of fused-ring (bicyclic) bond motifs is 1. The molecule has 0 saturated heterocycles. The average molecular weight is 432 g/mol. The van der Waals surface area contributed by atoms with Gasteiger partial charge in [-0.05, 0) is 50.5 Å². The number of hydrogen-bond donors (Lipinski definition) is 0. The van der Waals surface area contributed by atoms with Crippen molar-refractivity contribution >= 4 is 40.0 Å². The van der Waals surface area contributed by atoms with E-state index in [2.05, 4.69) is 18.8 Å². The molecule has 0 fully saturated rings. The Morgan fingerprint density at radius 3 is 2.59 bits per heavy atom. The van der Waals surface area contributed by atoms with Gasteiger partial charge >= 0.3 is 0 Å². The van der Waals surface area contributed by atoms with Crippen molar-refractivity contribution in [2.45, 2.75) is 45.8 Å². The van der Waals surface area contributed by atoms with Crippen LogP contribution in [0.25, 0.3) is 10.9 Å². The molecular formula is C22H26ClN3O2S. The van der Waals surface area contributed by atoms with Gasteiger partial charge in [0.2, 0.25) is 0 Å². The number of rotatable bonds is 7. The summed E-state index contributed by atoms with van der Waals surface area (Å²) >= 11 is 7.41. The van der Waals surface area contributed by atoms with Crippen LogP contribution in [0.1, 0.15) is 42.0 Å². The second-order valence-electron chi connectivity index (χ2n) is 7.75. The van der Waals surface area contributed by atoms with Gasteiger partial charge in [-0.25, -0.2) is 4.98 Å². The van der Waals surface area contributed by atoms with E-state index in [9.17, 15) is 9.59 Å². The maximum Gasteiger partial charge on any atom is 0.262 e. The summed E-state index contributed by atoms with van der Waals surface area (Å²) in [6.07, 6.45) is 0.860. The second kappa shape index (κ2) is 8.76. The molecule has 0 radical (unpaired) electrons. The summed E-state index contributed by atoms with van der Waals surface area (Å²) in [4.78, 5) is 30.6. The number of aromatic nitrogens is 3. The zero-order valence-electron chi connectivity index (χ0n) is 17.5. The molecule has 0 spiro atoms. The number of carbonyl (C=O) groups is 1. The van der Waals surface area contributed by atoms with E-state index >= 15 is 0 Å². The predicted molar refractivity (Wildman–Crippen MR) is 120 cm³/mol. The highest BCUT2D eigenvalue weighted by Crippen LogP contribution is 2.23. The van der Waals surface area contributed by atoms with E-state index in [0.29, 0.717) is 33.5 Å². The molecule has 7 heteroatoms. The maximum absolute atomic E-state index is 13.1. The fraction of sp³-hybridized carbons (Fsp3) is 0.409. The zero-order valence-corrected chi connectivity index (χ0v) is 19.0. The van der Waals surface area contributed by atoms with Gasteiger partial charge in [-0.1, -0.05) is 37.2 Å². The first-order valence-electron chi connectivity index (χ1n) is 9.68. The summed E-state index contributed by atoms with van der Waals surface area (Å²) in [7, 11) is 1.95. The van der Waals surface area contributed by atoms with Crippen LogP contribution >= 0.6 is 23.4 Å². The minimum atomic E-state index is -0.0889. The number of halogens is 1. The average Bonchev–Trinajstić information content (AvgIpc) is 2.92. The molecule has 0 aliphatic heterocycles. The lowest BCUT2D eigenvalue weighted by Crippen LogP contribution is -2.24. The molecule has 29 heavy (non-hydrogen) atoms. The van der Waals surface area contributed by atoms with Crippen LogP contribution in [0.15, 0.2) is 34.2 Å². The Balaban J connectivity index is 1.95. The monoisotopic (exact) mass is 431 g/mol. The topological polar surface area (TPSA) is 56.9 Å². The van der Waals surface area contributed by atoms with Crippen LogP contribution in [0.4, 0.5) is 0 Å². The number of thioether (sulfide) groups is 1. The quantitative estimate of drug-likeness (QED) is 0.299. The van der Waals surface area contributed by atoms with Gasteiger partial charge in [0.25, 0.3) is 5.56 Å². The van der Waals surface area contributed by atoms with Crippen molar-refractivity contribution in [2.24, 2.45) is 13.0 Å². The molecule has 0 bridgehead atoms. The van der Waals surface area contributed by atoms with E-state index in [1.54, 1.807) is 22.8 Å². The first kappa shape index (κ1) is 21.7. The van der Waals surface area contributed by atoms with Crippen LogP contribution < -0.4 is 5.56 Å². The summed E-state index contributed by atoms with van der Waals surface area (Å²) < 4.78 is 3.70. The molecule has 3 rings (SSSR count). The van der Waals surface area contributed by atoms with Crippen molar-refractivity contribution in [2.75, 3.05) is 5.75 Å². The Morgan fingerprint density at radius 2 is 1.97 bits per heavy atom. The van der Waals surface area contributed by atoms with Gasteiger partial charge in [-0.3, -0.25) is 14.2 Å². The van der Waals surface area contributed by atoms with E-state index in [4.69, 9.17) is 11.6 Å². The normalized spacial score (nSPS) is 11.6. The summed E-state index contributed by atoms with van der Waals surface area (Å²) in [6, 6.07) is 7.03. The molecule has 3 aromatic rings. The minimum Gasteiger partial charge on any atom is -0.351 e. The van der Waals surface area contributed by atoms with Crippen molar-refractivity contribution in [1.29, 1.82) is 0 Å². The van der Waals surface area contributed by atoms with Crippen LogP contribution in [0, 0.1) is 19.8 Å². The molecule has 0 saturated carbocycles. The third kappa shape index (κ3) is 4.59. The summed E-state index contributed by atoms with van der Waals surface area (Å²) in [5.74, 6) is 0.717. The highest BCUT2D eigenvalue weighted by Gasteiger charge is 2.17.